The molecular weight excluding hydrogens is 354 g/mol. The lowest BCUT2D eigenvalue weighted by atomic mass is 10.2. The molecule has 0 aliphatic carbocycles. The minimum absolute atomic E-state index is 0.0371. The van der Waals surface area contributed by atoms with Gasteiger partial charge in [0, 0.05) is 24.5 Å². The van der Waals surface area contributed by atoms with E-state index in [2.05, 4.69) is 10.3 Å². The van der Waals surface area contributed by atoms with Crippen molar-refractivity contribution < 1.29 is 14.3 Å². The molecule has 0 spiro atoms. The fourth-order valence-electron chi connectivity index (χ4n) is 3.41. The van der Waals surface area contributed by atoms with Crippen LogP contribution in [0.1, 0.15) is 27.8 Å². The monoisotopic (exact) mass is 375 g/mol. The average Bonchev–Trinajstić information content (AvgIpc) is 3.00. The molecule has 0 fully saturated rings. The number of methoxy groups -OCH3 is 2. The van der Waals surface area contributed by atoms with Crippen molar-refractivity contribution in [2.24, 2.45) is 0 Å². The molecule has 1 atom stereocenters. The highest BCUT2D eigenvalue weighted by molar-refractivity contribution is 5.98. The highest BCUT2D eigenvalue weighted by Crippen LogP contribution is 2.36. The van der Waals surface area contributed by atoms with E-state index < -0.39 is 0 Å². The Kier molecular flexibility index (Phi) is 4.85. The lowest BCUT2D eigenvalue weighted by Crippen LogP contribution is -2.32. The Labute approximate surface area is 163 Å². The first kappa shape index (κ1) is 17.9. The van der Waals surface area contributed by atoms with Crippen LogP contribution in [-0.4, -0.2) is 30.0 Å². The lowest BCUT2D eigenvalue weighted by Gasteiger charge is -2.27. The minimum atomic E-state index is -0.373. The van der Waals surface area contributed by atoms with E-state index in [0.717, 1.165) is 16.9 Å². The van der Waals surface area contributed by atoms with Gasteiger partial charge < -0.3 is 19.7 Å². The second-order valence-corrected chi connectivity index (χ2v) is 6.47. The zero-order valence-electron chi connectivity index (χ0n) is 15.8. The summed E-state index contributed by atoms with van der Waals surface area (Å²) in [5, 5.41) is 3.43. The molecule has 6 nitrogen and oxygen atoms in total. The molecule has 0 radical (unpaired) electrons. The number of nitrogens with one attached hydrogen (secondary N) is 1. The molecule has 142 valence electrons. The Morgan fingerprint density at radius 1 is 1.00 bits per heavy atom. The van der Waals surface area contributed by atoms with Crippen molar-refractivity contribution in [2.75, 3.05) is 19.5 Å². The number of nitrogens with zero attached hydrogens (tertiary/aromatic N) is 2. The Hall–Kier alpha value is -3.54. The summed E-state index contributed by atoms with van der Waals surface area (Å²) in [5.41, 5.74) is 3.21. The lowest BCUT2D eigenvalue weighted by molar-refractivity contribution is 0.0728. The van der Waals surface area contributed by atoms with Gasteiger partial charge in [-0.15, -0.1) is 0 Å². The highest BCUT2D eigenvalue weighted by atomic mass is 16.5. The van der Waals surface area contributed by atoms with Gasteiger partial charge in [0.25, 0.3) is 5.91 Å². The van der Waals surface area contributed by atoms with E-state index >= 15 is 0 Å². The van der Waals surface area contributed by atoms with Gasteiger partial charge in [-0.2, -0.15) is 0 Å². The van der Waals surface area contributed by atoms with Gasteiger partial charge in [-0.05, 0) is 29.8 Å². The van der Waals surface area contributed by atoms with Crippen molar-refractivity contribution in [1.29, 1.82) is 0 Å². The summed E-state index contributed by atoms with van der Waals surface area (Å²) in [5.74, 6) is 1.23. The van der Waals surface area contributed by atoms with E-state index in [-0.39, 0.29) is 12.1 Å². The van der Waals surface area contributed by atoms with E-state index in [4.69, 9.17) is 9.47 Å². The number of amides is 1. The molecule has 28 heavy (non-hydrogen) atoms. The number of pyridine rings is 1. The third kappa shape index (κ3) is 3.24. The maximum atomic E-state index is 13.0. The third-order valence-electron chi connectivity index (χ3n) is 4.78. The number of ether oxygens (including phenoxy) is 2. The molecule has 1 unspecified atom stereocenters. The van der Waals surface area contributed by atoms with Crippen LogP contribution in [-0.2, 0) is 6.54 Å². The Morgan fingerprint density at radius 3 is 2.54 bits per heavy atom. The minimum Gasteiger partial charge on any atom is -0.493 e. The molecule has 1 aliphatic heterocycles. The van der Waals surface area contributed by atoms with Crippen molar-refractivity contribution in [1.82, 2.24) is 9.88 Å². The number of hydrogen-bond donors (Lipinski definition) is 1. The summed E-state index contributed by atoms with van der Waals surface area (Å²) in [4.78, 5) is 19.3. The Balaban J connectivity index is 1.68. The van der Waals surface area contributed by atoms with Gasteiger partial charge >= 0.3 is 0 Å². The number of anilines is 1. The van der Waals surface area contributed by atoms with E-state index in [9.17, 15) is 4.79 Å². The smallest absolute Gasteiger partial charge is 0.258 e. The maximum absolute atomic E-state index is 13.0. The normalized spacial score (nSPS) is 15.3. The summed E-state index contributed by atoms with van der Waals surface area (Å²) >= 11 is 0. The number of rotatable bonds is 6. The summed E-state index contributed by atoms with van der Waals surface area (Å²) in [6.45, 7) is 0.487. The molecule has 0 saturated carbocycles. The molecule has 1 amide bonds. The van der Waals surface area contributed by atoms with Gasteiger partial charge in [0.1, 0.15) is 6.17 Å². The molecule has 3 aromatic rings. The molecule has 0 bridgehead atoms. The van der Waals surface area contributed by atoms with Crippen molar-refractivity contribution in [3.63, 3.8) is 0 Å². The van der Waals surface area contributed by atoms with Crippen LogP contribution in [0.5, 0.6) is 11.5 Å². The molecule has 6 heteroatoms. The molecule has 2 aromatic carbocycles. The van der Waals surface area contributed by atoms with Crippen LogP contribution in [0.25, 0.3) is 0 Å². The number of fused-ring (bicyclic) bond motifs is 1. The Bertz CT molecular complexity index is 991. The van der Waals surface area contributed by atoms with E-state index in [0.29, 0.717) is 23.6 Å². The molecule has 0 saturated heterocycles. The van der Waals surface area contributed by atoms with Gasteiger partial charge in [0.15, 0.2) is 11.5 Å². The highest BCUT2D eigenvalue weighted by Gasteiger charge is 2.37. The van der Waals surface area contributed by atoms with Crippen LogP contribution in [0.2, 0.25) is 0 Å². The average molecular weight is 375 g/mol. The summed E-state index contributed by atoms with van der Waals surface area (Å²) in [7, 11) is 3.20. The fraction of sp³-hybridized carbons (Fsp3) is 0.182. The van der Waals surface area contributed by atoms with Gasteiger partial charge in [-0.3, -0.25) is 9.78 Å². The van der Waals surface area contributed by atoms with Gasteiger partial charge in [-0.1, -0.05) is 30.3 Å². The summed E-state index contributed by atoms with van der Waals surface area (Å²) in [6.07, 6.45) is 1.34. The first-order valence-corrected chi connectivity index (χ1v) is 8.99. The second kappa shape index (κ2) is 7.60. The van der Waals surface area contributed by atoms with Crippen LogP contribution in [0.15, 0.2) is 66.9 Å². The van der Waals surface area contributed by atoms with Crippen LogP contribution in [0.4, 0.5) is 5.69 Å². The summed E-state index contributed by atoms with van der Waals surface area (Å²) in [6, 6.07) is 19.1. The molecule has 2 heterocycles. The quantitative estimate of drug-likeness (QED) is 0.709. The zero-order valence-corrected chi connectivity index (χ0v) is 15.8. The fourth-order valence-corrected chi connectivity index (χ4v) is 3.41. The van der Waals surface area contributed by atoms with Crippen molar-refractivity contribution in [3.8, 4) is 11.5 Å². The van der Waals surface area contributed by atoms with Crippen molar-refractivity contribution in [2.45, 2.75) is 12.7 Å². The topological polar surface area (TPSA) is 63.7 Å². The van der Waals surface area contributed by atoms with E-state index in [1.54, 1.807) is 31.4 Å². The Morgan fingerprint density at radius 2 is 1.79 bits per heavy atom. The van der Waals surface area contributed by atoms with Crippen LogP contribution in [0, 0.1) is 0 Å². The second-order valence-electron chi connectivity index (χ2n) is 6.47. The maximum Gasteiger partial charge on any atom is 0.258 e. The largest absolute Gasteiger partial charge is 0.493 e. The number of hydrogen-bond acceptors (Lipinski definition) is 5. The van der Waals surface area contributed by atoms with Crippen LogP contribution < -0.4 is 14.8 Å². The van der Waals surface area contributed by atoms with Crippen LogP contribution in [0.3, 0.4) is 0 Å². The van der Waals surface area contributed by atoms with Crippen molar-refractivity contribution >= 4 is 11.6 Å². The molecule has 1 N–H and O–H groups in total. The van der Waals surface area contributed by atoms with E-state index in [1.807, 2.05) is 54.6 Å². The molecule has 4 rings (SSSR count). The standard InChI is InChI=1S/C22H21N3O3/c1-27-18-11-10-16(13-19(18)28-2)24-21-20-17(9-6-12-23-20)22(26)25(21)14-15-7-4-3-5-8-15/h3-13,21,24H,14H2,1-2H3. The van der Waals surface area contributed by atoms with Gasteiger partial charge in [0.05, 0.1) is 25.5 Å². The van der Waals surface area contributed by atoms with Crippen LogP contribution >= 0.6 is 0 Å². The molecule has 1 aromatic heterocycles. The number of carbonyl (C=O) groups is 1. The predicted octanol–water partition coefficient (Wildman–Crippen LogP) is 3.87. The number of carbonyl (C=O) groups excluding carboxylic acids is 1. The predicted molar refractivity (Wildman–Crippen MR) is 106 cm³/mol. The SMILES string of the molecule is COc1ccc(NC2c3ncccc3C(=O)N2Cc2ccccc2)cc1OC. The zero-order chi connectivity index (χ0) is 19.5. The molecular formula is C22H21N3O3. The van der Waals surface area contributed by atoms with Gasteiger partial charge in [-0.25, -0.2) is 0 Å². The molecule has 1 aliphatic rings. The first-order valence-electron chi connectivity index (χ1n) is 8.99. The number of aromatic nitrogens is 1. The number of benzene rings is 2. The summed E-state index contributed by atoms with van der Waals surface area (Å²) < 4.78 is 10.7. The first-order chi connectivity index (χ1) is 13.7. The van der Waals surface area contributed by atoms with E-state index in [1.165, 1.54) is 0 Å². The van der Waals surface area contributed by atoms with Gasteiger partial charge in [0.2, 0.25) is 0 Å². The van der Waals surface area contributed by atoms with Crippen molar-refractivity contribution in [3.05, 3.63) is 83.7 Å². The third-order valence-corrected chi connectivity index (χ3v) is 4.78.